The van der Waals surface area contributed by atoms with Gasteiger partial charge < -0.3 is 4.74 Å². The molecule has 1 heterocycles. The molecule has 0 aromatic heterocycles. The van der Waals surface area contributed by atoms with Crippen LogP contribution in [0.5, 0.6) is 0 Å². The van der Waals surface area contributed by atoms with E-state index in [0.29, 0.717) is 17.1 Å². The summed E-state index contributed by atoms with van der Waals surface area (Å²) in [4.78, 5) is 0. The molecule has 0 aromatic rings. The minimum atomic E-state index is -0.0559. The lowest BCUT2D eigenvalue weighted by molar-refractivity contribution is -0.0355. The van der Waals surface area contributed by atoms with Crippen molar-refractivity contribution in [2.45, 2.75) is 44.3 Å². The second-order valence-electron chi connectivity index (χ2n) is 4.48. The van der Waals surface area contributed by atoms with E-state index in [1.165, 1.54) is 17.9 Å². The Bertz CT molecular complexity index is 261. The van der Waals surface area contributed by atoms with E-state index in [1.54, 1.807) is 0 Å². The summed E-state index contributed by atoms with van der Waals surface area (Å²) in [5.41, 5.74) is -0.0559. The molecule has 1 rings (SSSR count). The van der Waals surface area contributed by atoms with Crippen LogP contribution in [-0.4, -0.2) is 28.3 Å². The van der Waals surface area contributed by atoms with Gasteiger partial charge in [0, 0.05) is 0 Å². The van der Waals surface area contributed by atoms with Crippen molar-refractivity contribution in [3.8, 4) is 11.8 Å². The van der Waals surface area contributed by atoms with Crippen LogP contribution in [0.25, 0.3) is 0 Å². The molecule has 3 heteroatoms. The second-order valence-corrected chi connectivity index (χ2v) is 7.21. The molecule has 0 saturated carbocycles. The maximum absolute atomic E-state index is 6.06. The zero-order chi connectivity index (χ0) is 12.0. The Morgan fingerprint density at radius 1 is 1.38 bits per heavy atom. The highest BCUT2D eigenvalue weighted by Crippen LogP contribution is 2.43. The average Bonchev–Trinajstić information content (AvgIpc) is 2.30. The summed E-state index contributed by atoms with van der Waals surface area (Å²) >= 11 is 4.09. The second kappa shape index (κ2) is 6.83. The van der Waals surface area contributed by atoms with Gasteiger partial charge in [-0.3, -0.25) is 0 Å². The van der Waals surface area contributed by atoms with Gasteiger partial charge in [-0.2, -0.15) is 0 Å². The number of hydrogen-bond acceptors (Lipinski definition) is 3. The lowest BCUT2D eigenvalue weighted by Crippen LogP contribution is -2.44. The minimum absolute atomic E-state index is 0.0559. The van der Waals surface area contributed by atoms with Crippen molar-refractivity contribution in [1.29, 1.82) is 0 Å². The maximum Gasteiger partial charge on any atom is 0.108 e. The number of hydrogen-bond donors (Lipinski definition) is 0. The minimum Gasteiger partial charge on any atom is -0.360 e. The van der Waals surface area contributed by atoms with Crippen molar-refractivity contribution >= 4 is 23.5 Å². The summed E-state index contributed by atoms with van der Waals surface area (Å²) in [5.74, 6) is 8.96. The van der Waals surface area contributed by atoms with Gasteiger partial charge in [-0.1, -0.05) is 19.8 Å². The Hall–Kier alpha value is 0.220. The summed E-state index contributed by atoms with van der Waals surface area (Å²) in [5, 5.41) is 0. The highest BCUT2D eigenvalue weighted by molar-refractivity contribution is 8.17. The molecule has 1 aliphatic heterocycles. The fourth-order valence-corrected chi connectivity index (χ4v) is 5.13. The van der Waals surface area contributed by atoms with Crippen molar-refractivity contribution in [3.05, 3.63) is 0 Å². The van der Waals surface area contributed by atoms with E-state index < -0.39 is 0 Å². The Morgan fingerprint density at radius 3 is 2.50 bits per heavy atom. The van der Waals surface area contributed by atoms with Crippen LogP contribution >= 0.6 is 23.5 Å². The first kappa shape index (κ1) is 14.3. The first-order valence-corrected chi connectivity index (χ1v) is 7.97. The monoisotopic (exact) mass is 258 g/mol. The third-order valence-corrected chi connectivity index (χ3v) is 6.48. The van der Waals surface area contributed by atoms with E-state index in [-0.39, 0.29) is 5.60 Å². The van der Waals surface area contributed by atoms with Crippen LogP contribution in [0.1, 0.15) is 34.1 Å². The van der Waals surface area contributed by atoms with Gasteiger partial charge in [0.1, 0.15) is 6.61 Å². The molecule has 1 aliphatic rings. The first-order valence-electron chi connectivity index (χ1n) is 5.88. The quantitative estimate of drug-likeness (QED) is 0.713. The maximum atomic E-state index is 6.06. The average molecular weight is 258 g/mol. The molecule has 0 bridgehead atoms. The highest BCUT2D eigenvalue weighted by Gasteiger charge is 2.39. The fourth-order valence-electron chi connectivity index (χ4n) is 1.59. The fraction of sp³-hybridized carbons (Fsp3) is 0.846. The lowest BCUT2D eigenvalue weighted by Gasteiger charge is -2.41. The Balaban J connectivity index is 2.64. The van der Waals surface area contributed by atoms with Gasteiger partial charge >= 0.3 is 0 Å². The molecule has 1 saturated heterocycles. The van der Waals surface area contributed by atoms with Crippen LogP contribution in [0.4, 0.5) is 0 Å². The predicted octanol–water partition coefficient (Wildman–Crippen LogP) is 3.64. The molecule has 1 unspecified atom stereocenters. The summed E-state index contributed by atoms with van der Waals surface area (Å²) in [7, 11) is 0. The molecule has 0 N–H and O–H groups in total. The third kappa shape index (κ3) is 3.61. The van der Waals surface area contributed by atoms with E-state index in [4.69, 9.17) is 4.74 Å². The van der Waals surface area contributed by atoms with E-state index in [2.05, 4.69) is 32.6 Å². The highest BCUT2D eigenvalue weighted by atomic mass is 32.2. The molecule has 92 valence electrons. The molecule has 0 radical (unpaired) electrons. The molecule has 0 aliphatic carbocycles. The third-order valence-electron chi connectivity index (χ3n) is 3.07. The molecule has 16 heavy (non-hydrogen) atoms. The van der Waals surface area contributed by atoms with Crippen LogP contribution in [-0.2, 0) is 4.74 Å². The Kier molecular flexibility index (Phi) is 6.10. The van der Waals surface area contributed by atoms with Gasteiger partial charge in [0.05, 0.1) is 10.2 Å². The van der Waals surface area contributed by atoms with Crippen LogP contribution in [0.2, 0.25) is 0 Å². The topological polar surface area (TPSA) is 9.23 Å². The Morgan fingerprint density at radius 2 is 2.00 bits per heavy atom. The van der Waals surface area contributed by atoms with Gasteiger partial charge in [0.2, 0.25) is 0 Å². The molecule has 1 nitrogen and oxygen atoms in total. The van der Waals surface area contributed by atoms with Crippen LogP contribution < -0.4 is 0 Å². The summed E-state index contributed by atoms with van der Waals surface area (Å²) in [6, 6.07) is 0. The van der Waals surface area contributed by atoms with Crippen LogP contribution in [0, 0.1) is 17.8 Å². The lowest BCUT2D eigenvalue weighted by atomic mass is 9.94. The molecular weight excluding hydrogens is 236 g/mol. The standard InChI is InChI=1S/C13H22OS2/c1-5-6-8-14-13(4,11(2)3)12-15-9-7-10-16-12/h11-12H,7-10H2,1-4H3. The van der Waals surface area contributed by atoms with Crippen molar-refractivity contribution < 1.29 is 4.74 Å². The molecule has 0 aromatic carbocycles. The largest absolute Gasteiger partial charge is 0.360 e. The van der Waals surface area contributed by atoms with Crippen molar-refractivity contribution in [3.63, 3.8) is 0 Å². The first-order chi connectivity index (χ1) is 7.61. The molecule has 1 atom stereocenters. The van der Waals surface area contributed by atoms with E-state index >= 15 is 0 Å². The number of thioether (sulfide) groups is 2. The molecular formula is C13H22OS2. The van der Waals surface area contributed by atoms with E-state index in [9.17, 15) is 0 Å². The predicted molar refractivity (Wildman–Crippen MR) is 76.0 cm³/mol. The summed E-state index contributed by atoms with van der Waals surface area (Å²) < 4.78 is 6.61. The van der Waals surface area contributed by atoms with Crippen molar-refractivity contribution in [2.75, 3.05) is 18.1 Å². The van der Waals surface area contributed by atoms with Crippen molar-refractivity contribution in [2.24, 2.45) is 5.92 Å². The normalized spacial score (nSPS) is 21.3. The summed E-state index contributed by atoms with van der Waals surface area (Å²) in [6.45, 7) is 9.15. The van der Waals surface area contributed by atoms with Gasteiger partial charge in [-0.05, 0) is 37.7 Å². The Labute approximate surface area is 108 Å². The van der Waals surface area contributed by atoms with E-state index in [0.717, 1.165) is 0 Å². The summed E-state index contributed by atoms with van der Waals surface area (Å²) in [6.07, 6.45) is 1.33. The molecule has 0 amide bonds. The van der Waals surface area contributed by atoms with Crippen LogP contribution in [0.15, 0.2) is 0 Å². The van der Waals surface area contributed by atoms with Gasteiger partial charge in [-0.15, -0.1) is 29.4 Å². The van der Waals surface area contributed by atoms with Crippen molar-refractivity contribution in [1.82, 2.24) is 0 Å². The zero-order valence-corrected chi connectivity index (χ0v) is 12.3. The van der Waals surface area contributed by atoms with Gasteiger partial charge in [0.15, 0.2) is 0 Å². The van der Waals surface area contributed by atoms with Gasteiger partial charge in [-0.25, -0.2) is 0 Å². The smallest absolute Gasteiger partial charge is 0.108 e. The van der Waals surface area contributed by atoms with Crippen LogP contribution in [0.3, 0.4) is 0 Å². The number of ether oxygens (including phenoxy) is 1. The SMILES string of the molecule is CC#CCOC(C)(C(C)C)C1SCCCS1. The molecule has 1 fully saturated rings. The zero-order valence-electron chi connectivity index (χ0n) is 10.7. The van der Waals surface area contributed by atoms with E-state index in [1.807, 2.05) is 30.4 Å². The number of rotatable bonds is 4. The van der Waals surface area contributed by atoms with Gasteiger partial charge in [0.25, 0.3) is 0 Å². The molecule has 0 spiro atoms.